The minimum absolute atomic E-state index is 0.699. The number of nitrogens with one attached hydrogen (secondary N) is 1. The number of hydrazine groups is 1. The van der Waals surface area contributed by atoms with E-state index in [4.69, 9.17) is 0 Å². The van der Waals surface area contributed by atoms with E-state index >= 15 is 0 Å². The summed E-state index contributed by atoms with van der Waals surface area (Å²) in [5.74, 6) is 0. The van der Waals surface area contributed by atoms with E-state index in [0.717, 1.165) is 12.1 Å². The maximum Gasteiger partial charge on any atom is 0.160 e. The average molecular weight is 205 g/mol. The Morgan fingerprint density at radius 3 is 2.87 bits per heavy atom. The highest BCUT2D eigenvalue weighted by Crippen LogP contribution is 2.06. The van der Waals surface area contributed by atoms with Crippen molar-refractivity contribution in [2.45, 2.75) is 6.23 Å². The van der Waals surface area contributed by atoms with E-state index in [-0.39, 0.29) is 0 Å². The summed E-state index contributed by atoms with van der Waals surface area (Å²) in [5, 5.41) is 11.7. The molecule has 1 aliphatic heterocycles. The van der Waals surface area contributed by atoms with Gasteiger partial charge >= 0.3 is 0 Å². The summed E-state index contributed by atoms with van der Waals surface area (Å²) in [4.78, 5) is 4.39. The fourth-order valence-electron chi connectivity index (χ4n) is 1.60. The third-order valence-corrected chi connectivity index (χ3v) is 2.39. The molecule has 1 aliphatic rings. The smallest absolute Gasteiger partial charge is 0.160 e. The molecule has 0 amide bonds. The number of hydrogen-bond acceptors (Lipinski definition) is 4. The molecule has 0 bridgehead atoms. The molecule has 1 aromatic rings. The topological polar surface area (TPSA) is 47.9 Å². The second-order valence-electron chi connectivity index (χ2n) is 3.59. The molecule has 0 spiro atoms. The van der Waals surface area contributed by atoms with Crippen molar-refractivity contribution in [3.8, 4) is 0 Å². The molecule has 0 fully saturated rings. The zero-order valence-electron chi connectivity index (χ0n) is 8.72. The molecule has 80 valence electrons. The van der Waals surface area contributed by atoms with Crippen molar-refractivity contribution in [1.82, 2.24) is 10.4 Å². The summed E-state index contributed by atoms with van der Waals surface area (Å²) in [6.45, 7) is 1.50. The largest absolute Gasteiger partial charge is 0.371 e. The molecule has 0 saturated carbocycles. The molecule has 4 heteroatoms. The Hall–Kier alpha value is -1.23. The normalized spacial score (nSPS) is 23.3. The minimum Gasteiger partial charge on any atom is -0.371 e. The van der Waals surface area contributed by atoms with Crippen molar-refractivity contribution < 1.29 is 5.11 Å². The van der Waals surface area contributed by atoms with Gasteiger partial charge in [-0.15, -0.1) is 0 Å². The molecule has 0 aromatic heterocycles. The lowest BCUT2D eigenvalue weighted by molar-refractivity contribution is 0.104. The number of rotatable bonds is 1. The van der Waals surface area contributed by atoms with Crippen LogP contribution in [0.25, 0.3) is 0 Å². The van der Waals surface area contributed by atoms with Crippen LogP contribution in [0, 0.1) is 0 Å². The van der Waals surface area contributed by atoms with Gasteiger partial charge in [-0.1, -0.05) is 30.3 Å². The standard InChI is InChI=1S/C11H15N3O/c1-14-8-7-12-10(11(15)13-14)9-5-3-2-4-6-9/h2-6,11,13,15H,7-8H2,1H3. The van der Waals surface area contributed by atoms with Gasteiger partial charge in [0.2, 0.25) is 0 Å². The van der Waals surface area contributed by atoms with E-state index in [1.54, 1.807) is 0 Å². The third-order valence-electron chi connectivity index (χ3n) is 2.39. The lowest BCUT2D eigenvalue weighted by Crippen LogP contribution is -2.45. The van der Waals surface area contributed by atoms with Gasteiger partial charge in [-0.25, -0.2) is 10.4 Å². The molecule has 1 heterocycles. The fourth-order valence-corrected chi connectivity index (χ4v) is 1.60. The highest BCUT2D eigenvalue weighted by atomic mass is 16.3. The highest BCUT2D eigenvalue weighted by Gasteiger charge is 2.18. The zero-order chi connectivity index (χ0) is 10.7. The quantitative estimate of drug-likeness (QED) is 0.690. The zero-order valence-corrected chi connectivity index (χ0v) is 8.72. The van der Waals surface area contributed by atoms with Crippen molar-refractivity contribution in [2.24, 2.45) is 4.99 Å². The summed E-state index contributed by atoms with van der Waals surface area (Å²) in [6, 6.07) is 9.75. The van der Waals surface area contributed by atoms with Gasteiger partial charge in [0.15, 0.2) is 6.23 Å². The first-order chi connectivity index (χ1) is 7.27. The Morgan fingerprint density at radius 2 is 2.13 bits per heavy atom. The molecule has 1 unspecified atom stereocenters. The van der Waals surface area contributed by atoms with Crippen molar-refractivity contribution in [1.29, 1.82) is 0 Å². The van der Waals surface area contributed by atoms with E-state index in [9.17, 15) is 5.11 Å². The highest BCUT2D eigenvalue weighted by molar-refractivity contribution is 6.03. The number of aliphatic hydroxyl groups is 1. The van der Waals surface area contributed by atoms with Gasteiger partial charge in [0, 0.05) is 13.6 Å². The molecular weight excluding hydrogens is 190 g/mol. The lowest BCUT2D eigenvalue weighted by atomic mass is 10.1. The molecular formula is C11H15N3O. The summed E-state index contributed by atoms with van der Waals surface area (Å²) >= 11 is 0. The van der Waals surface area contributed by atoms with Gasteiger partial charge in [-0.05, 0) is 5.56 Å². The van der Waals surface area contributed by atoms with Gasteiger partial charge in [0.1, 0.15) is 0 Å². The predicted molar refractivity (Wildman–Crippen MR) is 59.6 cm³/mol. The number of aliphatic hydroxyl groups excluding tert-OH is 1. The van der Waals surface area contributed by atoms with Gasteiger partial charge in [-0.3, -0.25) is 4.99 Å². The third kappa shape index (κ3) is 2.41. The fraction of sp³-hybridized carbons (Fsp3) is 0.364. The Morgan fingerprint density at radius 1 is 1.40 bits per heavy atom. The molecule has 15 heavy (non-hydrogen) atoms. The summed E-state index contributed by atoms with van der Waals surface area (Å²) in [5.41, 5.74) is 4.62. The number of benzene rings is 1. The van der Waals surface area contributed by atoms with E-state index < -0.39 is 6.23 Å². The first-order valence-corrected chi connectivity index (χ1v) is 5.02. The predicted octanol–water partition coefficient (Wildman–Crippen LogP) is 0.244. The van der Waals surface area contributed by atoms with Gasteiger partial charge in [0.05, 0.1) is 12.3 Å². The lowest BCUT2D eigenvalue weighted by Gasteiger charge is -2.19. The van der Waals surface area contributed by atoms with Crippen LogP contribution in [0.3, 0.4) is 0 Å². The molecule has 0 saturated heterocycles. The number of nitrogens with zero attached hydrogens (tertiary/aromatic N) is 2. The maximum atomic E-state index is 9.89. The minimum atomic E-state index is -0.722. The second kappa shape index (κ2) is 4.53. The summed E-state index contributed by atoms with van der Waals surface area (Å²) in [7, 11) is 1.90. The van der Waals surface area contributed by atoms with Crippen LogP contribution in [0.4, 0.5) is 0 Å². The first-order valence-electron chi connectivity index (χ1n) is 5.02. The first kappa shape index (κ1) is 10.3. The Bertz CT molecular complexity index is 350. The molecule has 1 atom stereocenters. The molecule has 4 nitrogen and oxygen atoms in total. The Labute approximate surface area is 89.2 Å². The van der Waals surface area contributed by atoms with Gasteiger partial charge in [0.25, 0.3) is 0 Å². The number of likely N-dealkylation sites (N-methyl/N-ethyl adjacent to an activating group) is 1. The molecule has 0 aliphatic carbocycles. The van der Waals surface area contributed by atoms with E-state index in [2.05, 4.69) is 10.4 Å². The van der Waals surface area contributed by atoms with Crippen LogP contribution in [0.1, 0.15) is 5.56 Å². The van der Waals surface area contributed by atoms with Crippen molar-refractivity contribution in [3.63, 3.8) is 0 Å². The van der Waals surface area contributed by atoms with Crippen LogP contribution < -0.4 is 5.43 Å². The van der Waals surface area contributed by atoms with Gasteiger partial charge in [-0.2, -0.15) is 0 Å². The van der Waals surface area contributed by atoms with Crippen LogP contribution in [0.2, 0.25) is 0 Å². The second-order valence-corrected chi connectivity index (χ2v) is 3.59. The van der Waals surface area contributed by atoms with Crippen molar-refractivity contribution in [2.75, 3.05) is 20.1 Å². The van der Waals surface area contributed by atoms with Crippen LogP contribution in [-0.2, 0) is 0 Å². The van der Waals surface area contributed by atoms with E-state index in [0.29, 0.717) is 12.3 Å². The maximum absolute atomic E-state index is 9.89. The summed E-state index contributed by atoms with van der Waals surface area (Å²) in [6.07, 6.45) is -0.722. The molecule has 0 radical (unpaired) electrons. The average Bonchev–Trinajstić information content (AvgIpc) is 2.40. The Balaban J connectivity index is 2.24. The Kier molecular flexibility index (Phi) is 3.11. The monoisotopic (exact) mass is 205 g/mol. The van der Waals surface area contributed by atoms with Crippen molar-refractivity contribution in [3.05, 3.63) is 35.9 Å². The van der Waals surface area contributed by atoms with Crippen molar-refractivity contribution >= 4 is 5.71 Å². The van der Waals surface area contributed by atoms with Crippen LogP contribution >= 0.6 is 0 Å². The summed E-state index contributed by atoms with van der Waals surface area (Å²) < 4.78 is 0. The molecule has 1 aromatic carbocycles. The van der Waals surface area contributed by atoms with Crippen LogP contribution in [0.5, 0.6) is 0 Å². The van der Waals surface area contributed by atoms with Crippen LogP contribution in [0.15, 0.2) is 35.3 Å². The molecule has 2 rings (SSSR count). The van der Waals surface area contributed by atoms with E-state index in [1.807, 2.05) is 42.4 Å². The van der Waals surface area contributed by atoms with Crippen LogP contribution in [-0.4, -0.2) is 42.2 Å². The molecule has 2 N–H and O–H groups in total. The van der Waals surface area contributed by atoms with Gasteiger partial charge < -0.3 is 5.11 Å². The van der Waals surface area contributed by atoms with E-state index in [1.165, 1.54) is 0 Å². The SMILES string of the molecule is CN1CCN=C(c2ccccc2)C(O)N1. The number of hydrogen-bond donors (Lipinski definition) is 2. The number of aliphatic imine (C=N–C) groups is 1.